The Kier molecular flexibility index (Phi) is 6.29. The molecule has 1 saturated carbocycles. The van der Waals surface area contributed by atoms with Crippen molar-refractivity contribution in [1.29, 1.82) is 0 Å². The van der Waals surface area contributed by atoms with Crippen LogP contribution in [0.2, 0.25) is 0 Å². The topological polar surface area (TPSA) is 38.3 Å². The number of aryl methyl sites for hydroxylation is 2. The fourth-order valence-corrected chi connectivity index (χ4v) is 3.15. The van der Waals surface area contributed by atoms with Crippen LogP contribution in [0.5, 0.6) is 0 Å². The molecule has 3 nitrogen and oxygen atoms in total. The minimum Gasteiger partial charge on any atom is -0.461 e. The zero-order chi connectivity index (χ0) is 15.9. The summed E-state index contributed by atoms with van der Waals surface area (Å²) in [5, 5.41) is 3.40. The first-order chi connectivity index (χ1) is 10.7. The van der Waals surface area contributed by atoms with Crippen LogP contribution in [0.25, 0.3) is 0 Å². The lowest BCUT2D eigenvalue weighted by Gasteiger charge is -2.25. The van der Waals surface area contributed by atoms with Crippen molar-refractivity contribution in [2.24, 2.45) is 0 Å². The summed E-state index contributed by atoms with van der Waals surface area (Å²) in [6.45, 7) is 6.19. The van der Waals surface area contributed by atoms with E-state index in [0.29, 0.717) is 0 Å². The predicted octanol–water partition coefficient (Wildman–Crippen LogP) is 4.49. The summed E-state index contributed by atoms with van der Waals surface area (Å²) in [6.07, 6.45) is 7.70. The van der Waals surface area contributed by atoms with E-state index in [9.17, 15) is 4.79 Å². The molecule has 1 N–H and O–H groups in total. The van der Waals surface area contributed by atoms with Crippen LogP contribution in [0.1, 0.15) is 64.0 Å². The minimum absolute atomic E-state index is 0.123. The second-order valence-electron chi connectivity index (χ2n) is 6.22. The molecule has 2 rings (SSSR count). The van der Waals surface area contributed by atoms with Crippen molar-refractivity contribution in [1.82, 2.24) is 0 Å². The zero-order valence-corrected chi connectivity index (χ0v) is 14.2. The molecule has 1 aliphatic carbocycles. The van der Waals surface area contributed by atoms with Gasteiger partial charge in [0.15, 0.2) is 0 Å². The number of esters is 1. The fraction of sp³-hybridized carbons (Fsp3) is 0.632. The third kappa shape index (κ3) is 4.25. The van der Waals surface area contributed by atoms with Gasteiger partial charge in [0.1, 0.15) is 12.1 Å². The molecule has 0 aromatic heterocycles. The first-order valence-corrected chi connectivity index (χ1v) is 8.73. The van der Waals surface area contributed by atoms with Crippen LogP contribution in [0.4, 0.5) is 5.69 Å². The Morgan fingerprint density at radius 1 is 1.18 bits per heavy atom. The molecule has 0 heterocycles. The zero-order valence-electron chi connectivity index (χ0n) is 14.2. The molecule has 1 aliphatic rings. The Morgan fingerprint density at radius 3 is 2.32 bits per heavy atom. The molecule has 0 saturated heterocycles. The number of carbonyl (C=O) groups excluding carboxylic acids is 1. The van der Waals surface area contributed by atoms with Gasteiger partial charge in [-0.1, -0.05) is 38.5 Å². The van der Waals surface area contributed by atoms with E-state index < -0.39 is 0 Å². The molecular weight excluding hydrogens is 274 g/mol. The number of ether oxygens (including phenoxy) is 1. The number of para-hydroxylation sites is 1. The molecule has 1 aromatic carbocycles. The van der Waals surface area contributed by atoms with E-state index >= 15 is 0 Å². The van der Waals surface area contributed by atoms with Crippen LogP contribution in [-0.2, 0) is 22.4 Å². The van der Waals surface area contributed by atoms with E-state index in [0.717, 1.165) is 31.4 Å². The normalized spacial score (nSPS) is 17.0. The van der Waals surface area contributed by atoms with E-state index in [4.69, 9.17) is 4.74 Å². The molecule has 1 fully saturated rings. The van der Waals surface area contributed by atoms with Crippen LogP contribution in [0.15, 0.2) is 18.2 Å². The first-order valence-electron chi connectivity index (χ1n) is 8.73. The van der Waals surface area contributed by atoms with Crippen molar-refractivity contribution in [2.45, 2.75) is 77.9 Å². The smallest absolute Gasteiger partial charge is 0.328 e. The Morgan fingerprint density at radius 2 is 1.77 bits per heavy atom. The average Bonchev–Trinajstić information content (AvgIpc) is 2.55. The summed E-state index contributed by atoms with van der Waals surface area (Å²) in [5.41, 5.74) is 3.63. The van der Waals surface area contributed by atoms with E-state index in [1.54, 1.807) is 0 Å². The molecule has 0 spiro atoms. The quantitative estimate of drug-likeness (QED) is 0.787. The summed E-state index contributed by atoms with van der Waals surface area (Å²) in [7, 11) is 0. The molecule has 1 unspecified atom stereocenters. The van der Waals surface area contributed by atoms with Crippen molar-refractivity contribution in [2.75, 3.05) is 5.32 Å². The van der Waals surface area contributed by atoms with Gasteiger partial charge in [-0.15, -0.1) is 0 Å². The van der Waals surface area contributed by atoms with Gasteiger partial charge in [-0.25, -0.2) is 4.79 Å². The lowest BCUT2D eigenvalue weighted by atomic mass is 9.98. The number of anilines is 1. The largest absolute Gasteiger partial charge is 0.461 e. The summed E-state index contributed by atoms with van der Waals surface area (Å²) < 4.78 is 5.67. The van der Waals surface area contributed by atoms with Crippen molar-refractivity contribution in [3.8, 4) is 0 Å². The summed E-state index contributed by atoms with van der Waals surface area (Å²) >= 11 is 0. The molecule has 0 radical (unpaired) electrons. The Balaban J connectivity index is 2.01. The first kappa shape index (κ1) is 16.9. The van der Waals surface area contributed by atoms with Crippen LogP contribution in [0.3, 0.4) is 0 Å². The molecule has 1 atom stereocenters. The van der Waals surface area contributed by atoms with E-state index in [2.05, 4.69) is 37.4 Å². The van der Waals surface area contributed by atoms with Gasteiger partial charge in [0, 0.05) is 5.69 Å². The standard InChI is InChI=1S/C19H29NO2/c1-4-15-10-9-11-16(5-2)18(15)20-14(3)19(21)22-17-12-7-6-8-13-17/h9-11,14,17,20H,4-8,12-13H2,1-3H3. The molecule has 22 heavy (non-hydrogen) atoms. The number of nitrogens with one attached hydrogen (secondary N) is 1. The Hall–Kier alpha value is -1.51. The van der Waals surface area contributed by atoms with E-state index in [1.165, 1.54) is 30.4 Å². The molecule has 0 bridgehead atoms. The van der Waals surface area contributed by atoms with Crippen LogP contribution in [-0.4, -0.2) is 18.1 Å². The van der Waals surface area contributed by atoms with Crippen molar-refractivity contribution < 1.29 is 9.53 Å². The second-order valence-corrected chi connectivity index (χ2v) is 6.22. The van der Waals surface area contributed by atoms with Gasteiger partial charge in [-0.05, 0) is 56.6 Å². The number of benzene rings is 1. The molecular formula is C19H29NO2. The van der Waals surface area contributed by atoms with Crippen LogP contribution in [0, 0.1) is 0 Å². The lowest BCUT2D eigenvalue weighted by Crippen LogP contribution is -2.33. The summed E-state index contributed by atoms with van der Waals surface area (Å²) in [4.78, 5) is 12.3. The number of hydrogen-bond donors (Lipinski definition) is 1. The lowest BCUT2D eigenvalue weighted by molar-refractivity contribution is -0.151. The maximum Gasteiger partial charge on any atom is 0.328 e. The van der Waals surface area contributed by atoms with Gasteiger partial charge >= 0.3 is 5.97 Å². The summed E-state index contributed by atoms with van der Waals surface area (Å²) in [5.74, 6) is -0.125. The maximum absolute atomic E-state index is 12.3. The van der Waals surface area contributed by atoms with Gasteiger partial charge in [0.2, 0.25) is 0 Å². The van der Waals surface area contributed by atoms with Crippen LogP contribution >= 0.6 is 0 Å². The highest BCUT2D eigenvalue weighted by Crippen LogP contribution is 2.25. The van der Waals surface area contributed by atoms with Crippen molar-refractivity contribution >= 4 is 11.7 Å². The molecule has 122 valence electrons. The Bertz CT molecular complexity index is 470. The van der Waals surface area contributed by atoms with Gasteiger partial charge < -0.3 is 10.1 Å². The highest BCUT2D eigenvalue weighted by atomic mass is 16.5. The predicted molar refractivity (Wildman–Crippen MR) is 91.2 cm³/mol. The van der Waals surface area contributed by atoms with Crippen molar-refractivity contribution in [3.05, 3.63) is 29.3 Å². The SMILES string of the molecule is CCc1cccc(CC)c1NC(C)C(=O)OC1CCCCC1. The third-order valence-corrected chi connectivity index (χ3v) is 4.55. The Labute approximate surface area is 134 Å². The number of hydrogen-bond acceptors (Lipinski definition) is 3. The molecule has 0 aliphatic heterocycles. The molecule has 0 amide bonds. The fourth-order valence-electron chi connectivity index (χ4n) is 3.15. The second kappa shape index (κ2) is 8.21. The van der Waals surface area contributed by atoms with Gasteiger partial charge in [-0.2, -0.15) is 0 Å². The monoisotopic (exact) mass is 303 g/mol. The maximum atomic E-state index is 12.3. The molecule has 1 aromatic rings. The van der Waals surface area contributed by atoms with E-state index in [-0.39, 0.29) is 18.1 Å². The van der Waals surface area contributed by atoms with Gasteiger partial charge in [0.25, 0.3) is 0 Å². The summed E-state index contributed by atoms with van der Waals surface area (Å²) in [6, 6.07) is 6.04. The highest BCUT2D eigenvalue weighted by molar-refractivity contribution is 5.80. The van der Waals surface area contributed by atoms with Crippen LogP contribution < -0.4 is 5.32 Å². The molecule has 3 heteroatoms. The average molecular weight is 303 g/mol. The minimum atomic E-state index is -0.306. The van der Waals surface area contributed by atoms with E-state index in [1.807, 2.05) is 6.92 Å². The number of rotatable bonds is 6. The highest BCUT2D eigenvalue weighted by Gasteiger charge is 2.22. The third-order valence-electron chi connectivity index (χ3n) is 4.55. The van der Waals surface area contributed by atoms with Gasteiger partial charge in [0.05, 0.1) is 0 Å². The van der Waals surface area contributed by atoms with Gasteiger partial charge in [-0.3, -0.25) is 0 Å². The van der Waals surface area contributed by atoms with Crippen molar-refractivity contribution in [3.63, 3.8) is 0 Å². The number of carbonyl (C=O) groups is 1.